The van der Waals surface area contributed by atoms with Gasteiger partial charge in [0, 0.05) is 17.3 Å². The SMILES string of the molecule is O=[C]c1ccccc1-c1cccnn1. The van der Waals surface area contributed by atoms with Gasteiger partial charge in [-0.25, -0.2) is 0 Å². The maximum atomic E-state index is 10.6. The Kier molecular flexibility index (Phi) is 2.32. The van der Waals surface area contributed by atoms with Crippen molar-refractivity contribution in [2.75, 3.05) is 0 Å². The highest BCUT2D eigenvalue weighted by molar-refractivity contribution is 5.86. The summed E-state index contributed by atoms with van der Waals surface area (Å²) < 4.78 is 0. The second-order valence-electron chi connectivity index (χ2n) is 2.76. The summed E-state index contributed by atoms with van der Waals surface area (Å²) >= 11 is 0. The van der Waals surface area contributed by atoms with Gasteiger partial charge >= 0.3 is 0 Å². The second kappa shape index (κ2) is 3.79. The fourth-order valence-electron chi connectivity index (χ4n) is 1.24. The molecular formula is C11H7N2O. The third-order valence-electron chi connectivity index (χ3n) is 1.89. The first-order chi connectivity index (χ1) is 6.92. The Morgan fingerprint density at radius 1 is 1.07 bits per heavy atom. The Morgan fingerprint density at radius 2 is 1.93 bits per heavy atom. The molecule has 14 heavy (non-hydrogen) atoms. The molecule has 2 rings (SSSR count). The van der Waals surface area contributed by atoms with E-state index in [1.807, 2.05) is 24.5 Å². The Labute approximate surface area is 81.4 Å². The van der Waals surface area contributed by atoms with Gasteiger partial charge in [-0.2, -0.15) is 10.2 Å². The largest absolute Gasteiger partial charge is 0.285 e. The van der Waals surface area contributed by atoms with Crippen LogP contribution in [0.15, 0.2) is 42.6 Å². The van der Waals surface area contributed by atoms with E-state index < -0.39 is 0 Å². The van der Waals surface area contributed by atoms with Crippen molar-refractivity contribution in [3.63, 3.8) is 0 Å². The quantitative estimate of drug-likeness (QED) is 0.710. The lowest BCUT2D eigenvalue weighted by molar-refractivity contribution is 0.563. The summed E-state index contributed by atoms with van der Waals surface area (Å²) in [5.41, 5.74) is 1.95. The molecule has 1 aromatic heterocycles. The van der Waals surface area contributed by atoms with Gasteiger partial charge in [0.2, 0.25) is 6.29 Å². The normalized spacial score (nSPS) is 9.71. The highest BCUT2D eigenvalue weighted by atomic mass is 16.1. The number of hydrogen-bond donors (Lipinski definition) is 0. The van der Waals surface area contributed by atoms with E-state index in [-0.39, 0.29) is 0 Å². The summed E-state index contributed by atoms with van der Waals surface area (Å²) in [6, 6.07) is 10.8. The maximum Gasteiger partial charge on any atom is 0.234 e. The molecule has 0 bridgehead atoms. The summed E-state index contributed by atoms with van der Waals surface area (Å²) in [6.07, 6.45) is 3.47. The fraction of sp³-hybridized carbons (Fsp3) is 0. The molecule has 0 saturated carbocycles. The van der Waals surface area contributed by atoms with Crippen molar-refractivity contribution in [1.82, 2.24) is 10.2 Å². The third-order valence-corrected chi connectivity index (χ3v) is 1.89. The molecule has 1 heterocycles. The zero-order valence-corrected chi connectivity index (χ0v) is 7.34. The first-order valence-electron chi connectivity index (χ1n) is 4.17. The van der Waals surface area contributed by atoms with Crippen molar-refractivity contribution in [1.29, 1.82) is 0 Å². The van der Waals surface area contributed by atoms with Crippen LogP contribution in [0.1, 0.15) is 5.56 Å². The zero-order chi connectivity index (χ0) is 9.80. The molecule has 0 N–H and O–H groups in total. The standard InChI is InChI=1S/C11H7N2O/c14-8-9-4-1-2-5-10(9)11-6-3-7-12-13-11/h1-7H. The van der Waals surface area contributed by atoms with Crippen LogP contribution in [0.3, 0.4) is 0 Å². The molecule has 0 saturated heterocycles. The van der Waals surface area contributed by atoms with E-state index in [0.717, 1.165) is 5.56 Å². The van der Waals surface area contributed by atoms with E-state index in [1.165, 1.54) is 0 Å². The van der Waals surface area contributed by atoms with Crippen molar-refractivity contribution < 1.29 is 4.79 Å². The highest BCUT2D eigenvalue weighted by Crippen LogP contribution is 2.18. The average molecular weight is 183 g/mol. The maximum absolute atomic E-state index is 10.6. The van der Waals surface area contributed by atoms with Gasteiger partial charge in [-0.05, 0) is 12.1 Å². The molecule has 1 radical (unpaired) electrons. The minimum Gasteiger partial charge on any atom is -0.285 e. The van der Waals surface area contributed by atoms with Crippen LogP contribution in [0, 0.1) is 0 Å². The summed E-state index contributed by atoms with van der Waals surface area (Å²) in [7, 11) is 0. The van der Waals surface area contributed by atoms with Gasteiger partial charge in [-0.3, -0.25) is 4.79 Å². The van der Waals surface area contributed by atoms with Gasteiger partial charge in [0.1, 0.15) is 0 Å². The molecule has 0 aliphatic rings. The number of benzene rings is 1. The van der Waals surface area contributed by atoms with E-state index in [9.17, 15) is 4.79 Å². The number of carbonyl (C=O) groups excluding carboxylic acids is 1. The predicted octanol–water partition coefficient (Wildman–Crippen LogP) is 1.60. The van der Waals surface area contributed by atoms with Gasteiger partial charge in [0.25, 0.3) is 0 Å². The first-order valence-corrected chi connectivity index (χ1v) is 4.17. The number of nitrogens with zero attached hydrogens (tertiary/aromatic N) is 2. The average Bonchev–Trinajstić information content (AvgIpc) is 2.30. The van der Waals surface area contributed by atoms with E-state index >= 15 is 0 Å². The van der Waals surface area contributed by atoms with Gasteiger partial charge in [0.15, 0.2) is 0 Å². The molecule has 0 fully saturated rings. The zero-order valence-electron chi connectivity index (χ0n) is 7.34. The fourth-order valence-corrected chi connectivity index (χ4v) is 1.24. The Morgan fingerprint density at radius 3 is 2.64 bits per heavy atom. The lowest BCUT2D eigenvalue weighted by atomic mass is 10.1. The smallest absolute Gasteiger partial charge is 0.234 e. The lowest BCUT2D eigenvalue weighted by Crippen LogP contribution is -1.90. The van der Waals surface area contributed by atoms with Gasteiger partial charge in [-0.15, -0.1) is 0 Å². The Bertz CT molecular complexity index is 440. The van der Waals surface area contributed by atoms with E-state index in [4.69, 9.17) is 0 Å². The van der Waals surface area contributed by atoms with Crippen LogP contribution in [-0.2, 0) is 4.79 Å². The van der Waals surface area contributed by atoms with Gasteiger partial charge in [-0.1, -0.05) is 24.3 Å². The minimum absolute atomic E-state index is 0.507. The predicted molar refractivity (Wildman–Crippen MR) is 52.3 cm³/mol. The summed E-state index contributed by atoms with van der Waals surface area (Å²) in [5.74, 6) is 0. The molecule has 3 nitrogen and oxygen atoms in total. The van der Waals surface area contributed by atoms with E-state index in [1.54, 1.807) is 24.4 Å². The van der Waals surface area contributed by atoms with E-state index in [0.29, 0.717) is 11.3 Å². The van der Waals surface area contributed by atoms with Crippen molar-refractivity contribution in [2.24, 2.45) is 0 Å². The van der Waals surface area contributed by atoms with Crippen LogP contribution in [0.25, 0.3) is 11.3 Å². The molecule has 0 atom stereocenters. The summed E-state index contributed by atoms with van der Waals surface area (Å²) in [4.78, 5) is 10.6. The van der Waals surface area contributed by atoms with Crippen molar-refractivity contribution >= 4 is 6.29 Å². The number of rotatable bonds is 2. The first kappa shape index (κ1) is 8.56. The van der Waals surface area contributed by atoms with Crippen molar-refractivity contribution in [2.45, 2.75) is 0 Å². The summed E-state index contributed by atoms with van der Waals surface area (Å²) in [6.45, 7) is 0. The van der Waals surface area contributed by atoms with Crippen molar-refractivity contribution in [3.05, 3.63) is 48.2 Å². The lowest BCUT2D eigenvalue weighted by Gasteiger charge is -2.00. The monoisotopic (exact) mass is 183 g/mol. The van der Waals surface area contributed by atoms with Crippen LogP contribution in [0.5, 0.6) is 0 Å². The highest BCUT2D eigenvalue weighted by Gasteiger charge is 2.04. The van der Waals surface area contributed by atoms with Crippen LogP contribution >= 0.6 is 0 Å². The molecule has 0 aliphatic heterocycles. The molecule has 0 aliphatic carbocycles. The Hall–Kier alpha value is -2.03. The molecular weight excluding hydrogens is 176 g/mol. The van der Waals surface area contributed by atoms with Crippen LogP contribution in [-0.4, -0.2) is 16.5 Å². The molecule has 3 heteroatoms. The van der Waals surface area contributed by atoms with Crippen LogP contribution in [0.2, 0.25) is 0 Å². The van der Waals surface area contributed by atoms with Crippen LogP contribution in [0.4, 0.5) is 0 Å². The minimum atomic E-state index is 0.507. The molecule has 0 spiro atoms. The van der Waals surface area contributed by atoms with Gasteiger partial charge < -0.3 is 0 Å². The number of aromatic nitrogens is 2. The van der Waals surface area contributed by atoms with Gasteiger partial charge in [0.05, 0.1) is 5.69 Å². The Balaban J connectivity index is 2.57. The van der Waals surface area contributed by atoms with Crippen LogP contribution < -0.4 is 0 Å². The molecule has 0 amide bonds. The number of hydrogen-bond acceptors (Lipinski definition) is 3. The topological polar surface area (TPSA) is 42.9 Å². The van der Waals surface area contributed by atoms with Crippen molar-refractivity contribution in [3.8, 4) is 11.3 Å². The second-order valence-corrected chi connectivity index (χ2v) is 2.76. The molecule has 67 valence electrons. The summed E-state index contributed by atoms with van der Waals surface area (Å²) in [5, 5.41) is 7.69. The third kappa shape index (κ3) is 1.52. The molecule has 2 aromatic rings. The van der Waals surface area contributed by atoms with E-state index in [2.05, 4.69) is 10.2 Å². The molecule has 0 unspecified atom stereocenters. The molecule has 1 aromatic carbocycles.